The summed E-state index contributed by atoms with van der Waals surface area (Å²) in [5.41, 5.74) is 0. The fourth-order valence-corrected chi connectivity index (χ4v) is 1.53. The summed E-state index contributed by atoms with van der Waals surface area (Å²) in [7, 11) is 0. The van der Waals surface area contributed by atoms with E-state index in [0.717, 1.165) is 32.7 Å². The van der Waals surface area contributed by atoms with Crippen molar-refractivity contribution in [3.05, 3.63) is 13.2 Å². The summed E-state index contributed by atoms with van der Waals surface area (Å²) in [4.78, 5) is 11.3. The van der Waals surface area contributed by atoms with E-state index in [1.165, 1.54) is 0 Å². The van der Waals surface area contributed by atoms with Gasteiger partial charge in [-0.15, -0.1) is 13.2 Å². The molecule has 21 heavy (non-hydrogen) atoms. The summed E-state index contributed by atoms with van der Waals surface area (Å²) < 4.78 is 10.9. The Morgan fingerprint density at radius 3 is 2.05 bits per heavy atom. The quantitative estimate of drug-likeness (QED) is 0.444. The van der Waals surface area contributed by atoms with E-state index >= 15 is 0 Å². The smallest absolute Gasteiger partial charge is 0.220 e. The van der Waals surface area contributed by atoms with E-state index in [9.17, 15) is 4.79 Å². The van der Waals surface area contributed by atoms with Crippen LogP contribution in [0.15, 0.2) is 13.2 Å². The highest BCUT2D eigenvalue weighted by molar-refractivity contribution is 5.75. The molecule has 0 aliphatic carbocycles. The molecule has 0 fully saturated rings. The van der Waals surface area contributed by atoms with Gasteiger partial charge in [0.15, 0.2) is 0 Å². The molecule has 0 saturated carbocycles. The molecule has 0 radical (unpaired) electrons. The molecule has 1 N–H and O–H groups in total. The molecule has 0 atom stereocenters. The molecule has 0 aromatic carbocycles. The second-order valence-corrected chi connectivity index (χ2v) is 5.74. The van der Waals surface area contributed by atoms with Crippen molar-refractivity contribution in [1.29, 1.82) is 0 Å². The Morgan fingerprint density at radius 2 is 1.52 bits per heavy atom. The van der Waals surface area contributed by atoms with E-state index in [1.807, 2.05) is 13.8 Å². The number of rotatable bonds is 12. The van der Waals surface area contributed by atoms with E-state index in [2.05, 4.69) is 32.3 Å². The van der Waals surface area contributed by atoms with Crippen molar-refractivity contribution in [2.75, 3.05) is 33.0 Å². The minimum atomic E-state index is 0.112. The monoisotopic (exact) mass is 301 g/mol. The topological polar surface area (TPSA) is 47.6 Å². The van der Waals surface area contributed by atoms with Crippen molar-refractivity contribution < 1.29 is 14.3 Å². The molecule has 0 aliphatic rings. The van der Waals surface area contributed by atoms with Crippen LogP contribution in [0.3, 0.4) is 0 Å². The van der Waals surface area contributed by atoms with Crippen molar-refractivity contribution in [3.63, 3.8) is 0 Å². The molecular weight excluding hydrogens is 266 g/mol. The van der Waals surface area contributed by atoms with Crippen LogP contribution in [0.4, 0.5) is 0 Å². The van der Waals surface area contributed by atoms with Crippen molar-refractivity contribution in [3.8, 4) is 0 Å². The summed E-state index contributed by atoms with van der Waals surface area (Å²) in [5, 5.41) is 2.85. The maximum atomic E-state index is 11.3. The highest BCUT2D eigenvalue weighted by Crippen LogP contribution is 1.98. The summed E-state index contributed by atoms with van der Waals surface area (Å²) in [5.74, 6) is 1.12. The summed E-state index contributed by atoms with van der Waals surface area (Å²) in [6, 6.07) is 0. The molecule has 0 aliphatic heterocycles. The van der Waals surface area contributed by atoms with Gasteiger partial charge < -0.3 is 14.8 Å². The van der Waals surface area contributed by atoms with Crippen LogP contribution in [0.25, 0.3) is 0 Å². The molecule has 0 aromatic heterocycles. The lowest BCUT2D eigenvalue weighted by Gasteiger charge is -2.08. The third-order valence-corrected chi connectivity index (χ3v) is 2.44. The molecule has 0 spiro atoms. The van der Waals surface area contributed by atoms with Gasteiger partial charge in [-0.1, -0.05) is 27.7 Å². The van der Waals surface area contributed by atoms with Crippen LogP contribution < -0.4 is 5.32 Å². The van der Waals surface area contributed by atoms with Gasteiger partial charge in [0.05, 0.1) is 6.61 Å². The number of hydrogen-bond acceptors (Lipinski definition) is 3. The minimum absolute atomic E-state index is 0.112. The molecule has 0 saturated heterocycles. The predicted octanol–water partition coefficient (Wildman–Crippen LogP) is 3.42. The number of carbonyl (C=O) groups excluding carboxylic acids is 1. The largest absolute Gasteiger partial charge is 0.381 e. The molecule has 0 rings (SSSR count). The summed E-state index contributed by atoms with van der Waals surface area (Å²) >= 11 is 0. The molecule has 0 heterocycles. The average molecular weight is 301 g/mol. The van der Waals surface area contributed by atoms with Crippen LogP contribution in [-0.4, -0.2) is 38.9 Å². The molecule has 126 valence electrons. The third kappa shape index (κ3) is 21.6. The van der Waals surface area contributed by atoms with Crippen LogP contribution in [0, 0.1) is 11.8 Å². The number of hydrogen-bond donors (Lipinski definition) is 1. The van der Waals surface area contributed by atoms with Crippen molar-refractivity contribution >= 4 is 5.91 Å². The average Bonchev–Trinajstić information content (AvgIpc) is 2.42. The first-order chi connectivity index (χ1) is 10.0. The van der Waals surface area contributed by atoms with Gasteiger partial charge in [-0.3, -0.25) is 4.79 Å². The lowest BCUT2D eigenvalue weighted by Crippen LogP contribution is -2.28. The van der Waals surface area contributed by atoms with E-state index < -0.39 is 0 Å². The van der Waals surface area contributed by atoms with Crippen molar-refractivity contribution in [2.24, 2.45) is 11.8 Å². The Bertz CT molecular complexity index is 230. The zero-order chi connectivity index (χ0) is 16.5. The van der Waals surface area contributed by atoms with Gasteiger partial charge in [-0.05, 0) is 24.7 Å². The first kappa shape index (κ1) is 22.4. The van der Waals surface area contributed by atoms with Crippen LogP contribution in [-0.2, 0) is 14.3 Å². The summed E-state index contributed by atoms with van der Waals surface area (Å²) in [6.45, 7) is 18.0. The van der Waals surface area contributed by atoms with Crippen LogP contribution in [0.2, 0.25) is 0 Å². The minimum Gasteiger partial charge on any atom is -0.381 e. The van der Waals surface area contributed by atoms with E-state index in [4.69, 9.17) is 9.47 Å². The second-order valence-electron chi connectivity index (χ2n) is 5.74. The zero-order valence-corrected chi connectivity index (χ0v) is 14.5. The third-order valence-electron chi connectivity index (χ3n) is 2.44. The molecule has 1 amide bonds. The predicted molar refractivity (Wildman–Crippen MR) is 89.4 cm³/mol. The molecular formula is C17H35NO3. The Kier molecular flexibility index (Phi) is 18.3. The van der Waals surface area contributed by atoms with Gasteiger partial charge in [-0.2, -0.15) is 0 Å². The molecule has 0 bridgehead atoms. The number of ether oxygens (including phenoxy) is 2. The fraction of sp³-hybridized carbons (Fsp3) is 0.824. The Hall–Kier alpha value is -0.870. The van der Waals surface area contributed by atoms with Crippen LogP contribution in [0.5, 0.6) is 0 Å². The van der Waals surface area contributed by atoms with Gasteiger partial charge in [0.25, 0.3) is 0 Å². The molecule has 0 aromatic rings. The van der Waals surface area contributed by atoms with Gasteiger partial charge in [0.2, 0.25) is 5.91 Å². The van der Waals surface area contributed by atoms with Crippen molar-refractivity contribution in [1.82, 2.24) is 5.32 Å². The highest BCUT2D eigenvalue weighted by Gasteiger charge is 2.03. The number of carbonyl (C=O) groups is 1. The van der Waals surface area contributed by atoms with Gasteiger partial charge in [0, 0.05) is 32.8 Å². The molecule has 4 heteroatoms. The van der Waals surface area contributed by atoms with Crippen molar-refractivity contribution in [2.45, 2.75) is 47.0 Å². The lowest BCUT2D eigenvalue weighted by molar-refractivity contribution is -0.122. The zero-order valence-electron chi connectivity index (χ0n) is 14.5. The highest BCUT2D eigenvalue weighted by atomic mass is 16.5. The summed E-state index contributed by atoms with van der Waals surface area (Å²) in [6.07, 6.45) is 2.64. The van der Waals surface area contributed by atoms with E-state index in [0.29, 0.717) is 31.4 Å². The first-order valence-corrected chi connectivity index (χ1v) is 7.94. The van der Waals surface area contributed by atoms with E-state index in [1.54, 1.807) is 0 Å². The normalized spacial score (nSPS) is 10.4. The Balaban J connectivity index is 0. The Labute approximate surface area is 131 Å². The van der Waals surface area contributed by atoms with Gasteiger partial charge in [0.1, 0.15) is 0 Å². The lowest BCUT2D eigenvalue weighted by atomic mass is 10.1. The molecule has 0 unspecified atom stereocenters. The maximum absolute atomic E-state index is 11.3. The first-order valence-electron chi connectivity index (χ1n) is 7.94. The second kappa shape index (κ2) is 17.2. The van der Waals surface area contributed by atoms with Crippen LogP contribution >= 0.6 is 0 Å². The standard InChI is InChI=1S/C15H31NO3.C2H4/c1-13(2)11-15(17)16-7-10-18-8-5-6-9-19-12-14(3)4;1-2/h13-14H,5-12H2,1-4H3,(H,16,17);1-2H2. The van der Waals surface area contributed by atoms with Gasteiger partial charge in [-0.25, -0.2) is 0 Å². The number of unbranched alkanes of at least 4 members (excludes halogenated alkanes) is 1. The van der Waals surface area contributed by atoms with E-state index in [-0.39, 0.29) is 5.91 Å². The number of nitrogens with one attached hydrogen (secondary N) is 1. The SMILES string of the molecule is C=C.CC(C)COCCCCOCCNC(=O)CC(C)C. The van der Waals surface area contributed by atoms with Gasteiger partial charge >= 0.3 is 0 Å². The fourth-order valence-electron chi connectivity index (χ4n) is 1.53. The molecule has 4 nitrogen and oxygen atoms in total. The maximum Gasteiger partial charge on any atom is 0.220 e. The van der Waals surface area contributed by atoms with Crippen LogP contribution in [0.1, 0.15) is 47.0 Å². The Morgan fingerprint density at radius 1 is 0.952 bits per heavy atom. The number of amides is 1.